The highest BCUT2D eigenvalue weighted by Gasteiger charge is 2.34. The van der Waals surface area contributed by atoms with Crippen LogP contribution in [0.25, 0.3) is 0 Å². The Hall–Kier alpha value is -2.87. The predicted octanol–water partition coefficient (Wildman–Crippen LogP) is 2.22. The third-order valence-corrected chi connectivity index (χ3v) is 6.77. The normalized spacial score (nSPS) is 19.5. The minimum absolute atomic E-state index is 0.00762. The first kappa shape index (κ1) is 22.3. The highest BCUT2D eigenvalue weighted by Crippen LogP contribution is 2.24. The smallest absolute Gasteiger partial charge is 0.328 e. The van der Waals surface area contributed by atoms with Gasteiger partial charge in [-0.25, -0.2) is 4.79 Å². The fraction of sp³-hybridized carbons (Fsp3) is 0.542. The number of benzene rings is 1. The minimum Gasteiger partial charge on any atom is -0.467 e. The second-order valence-electron chi connectivity index (χ2n) is 8.83. The molecular weight excluding hydrogens is 406 g/mol. The monoisotopic (exact) mass is 439 g/mol. The van der Waals surface area contributed by atoms with Crippen molar-refractivity contribution in [2.75, 3.05) is 38.7 Å². The van der Waals surface area contributed by atoms with E-state index >= 15 is 0 Å². The number of methoxy groups -OCH3 is 1. The van der Waals surface area contributed by atoms with Crippen LogP contribution in [0.4, 0.5) is 5.69 Å². The van der Waals surface area contributed by atoms with Crippen LogP contribution in [0.5, 0.6) is 0 Å². The van der Waals surface area contributed by atoms with E-state index in [4.69, 9.17) is 4.74 Å². The topological polar surface area (TPSA) is 81.8 Å². The Bertz CT molecular complexity index is 891. The Morgan fingerprint density at radius 1 is 1.12 bits per heavy atom. The number of hydrogen-bond donors (Lipinski definition) is 1. The number of carbonyl (C=O) groups is 2. The lowest BCUT2D eigenvalue weighted by Crippen LogP contribution is -2.43. The number of carbonyl (C=O) groups excluding carboxylic acids is 2. The molecule has 1 N–H and O–H groups in total. The molecule has 1 amide bonds. The molecule has 3 heterocycles. The van der Waals surface area contributed by atoms with Crippen LogP contribution in [0.15, 0.2) is 36.5 Å². The first-order valence-electron chi connectivity index (χ1n) is 11.4. The van der Waals surface area contributed by atoms with Gasteiger partial charge in [0.25, 0.3) is 0 Å². The van der Waals surface area contributed by atoms with E-state index in [1.807, 2.05) is 18.2 Å². The first-order valence-corrected chi connectivity index (χ1v) is 11.4. The van der Waals surface area contributed by atoms with Crippen LogP contribution in [0.1, 0.15) is 36.9 Å². The van der Waals surface area contributed by atoms with Gasteiger partial charge in [-0.15, -0.1) is 0 Å². The number of aromatic amines is 1. The summed E-state index contributed by atoms with van der Waals surface area (Å²) in [5.74, 6) is -0.323. The zero-order chi connectivity index (χ0) is 22.5. The average Bonchev–Trinajstić information content (AvgIpc) is 3.51. The average molecular weight is 440 g/mol. The van der Waals surface area contributed by atoms with Crippen molar-refractivity contribution in [3.05, 3.63) is 47.8 Å². The fourth-order valence-corrected chi connectivity index (χ4v) is 4.88. The maximum absolute atomic E-state index is 12.7. The highest BCUT2D eigenvalue weighted by atomic mass is 16.5. The summed E-state index contributed by atoms with van der Waals surface area (Å²) in [7, 11) is 3.56. The molecule has 1 atom stereocenters. The summed E-state index contributed by atoms with van der Waals surface area (Å²) >= 11 is 0. The lowest BCUT2D eigenvalue weighted by molar-refractivity contribution is -0.150. The zero-order valence-electron chi connectivity index (χ0n) is 19.0. The molecule has 2 fully saturated rings. The largest absolute Gasteiger partial charge is 0.467 e. The summed E-state index contributed by atoms with van der Waals surface area (Å²) in [6.45, 7) is 3.55. The lowest BCUT2D eigenvalue weighted by atomic mass is 10.0. The number of anilines is 1. The van der Waals surface area contributed by atoms with Gasteiger partial charge in [0, 0.05) is 49.8 Å². The van der Waals surface area contributed by atoms with Crippen molar-refractivity contribution >= 4 is 17.6 Å². The standard InChI is InChI=1S/C24H33N5O3/c1-27(17-19-9-12-25-26-19)20-10-14-28(15-11-20)21-7-5-18(6-8-21)16-23(30)29-13-3-4-22(29)24(31)32-2/h5-9,12,20,22H,3-4,10-11,13-17H2,1-2H3,(H,25,26)/t22-/m0/s1. The van der Waals surface area contributed by atoms with Gasteiger partial charge in [-0.1, -0.05) is 12.1 Å². The molecule has 172 valence electrons. The van der Waals surface area contributed by atoms with E-state index in [9.17, 15) is 9.59 Å². The number of rotatable bonds is 7. The molecule has 0 radical (unpaired) electrons. The van der Waals surface area contributed by atoms with E-state index < -0.39 is 6.04 Å². The number of nitrogens with one attached hydrogen (secondary N) is 1. The number of nitrogens with zero attached hydrogens (tertiary/aromatic N) is 4. The van der Waals surface area contributed by atoms with Gasteiger partial charge >= 0.3 is 5.97 Å². The number of H-pyrrole nitrogens is 1. The van der Waals surface area contributed by atoms with Gasteiger partial charge in [-0.2, -0.15) is 5.10 Å². The number of ether oxygens (including phenoxy) is 1. The third kappa shape index (κ3) is 5.12. The van der Waals surface area contributed by atoms with E-state index in [2.05, 4.69) is 39.2 Å². The Morgan fingerprint density at radius 2 is 1.88 bits per heavy atom. The lowest BCUT2D eigenvalue weighted by Gasteiger charge is -2.37. The van der Waals surface area contributed by atoms with Crippen molar-refractivity contribution in [3.8, 4) is 0 Å². The molecule has 1 aromatic heterocycles. The first-order chi connectivity index (χ1) is 15.5. The summed E-state index contributed by atoms with van der Waals surface area (Å²) in [4.78, 5) is 31.1. The number of aromatic nitrogens is 2. The van der Waals surface area contributed by atoms with Crippen LogP contribution in [0, 0.1) is 0 Å². The van der Waals surface area contributed by atoms with Crippen molar-refractivity contribution in [1.29, 1.82) is 0 Å². The van der Waals surface area contributed by atoms with Gasteiger partial charge in [0.2, 0.25) is 5.91 Å². The number of amides is 1. The second-order valence-corrected chi connectivity index (χ2v) is 8.83. The maximum atomic E-state index is 12.7. The van der Waals surface area contributed by atoms with E-state index in [-0.39, 0.29) is 11.9 Å². The Morgan fingerprint density at radius 3 is 2.53 bits per heavy atom. The number of hydrogen-bond acceptors (Lipinski definition) is 6. The van der Waals surface area contributed by atoms with Crippen molar-refractivity contribution in [2.24, 2.45) is 0 Å². The molecule has 2 saturated heterocycles. The van der Waals surface area contributed by atoms with Crippen LogP contribution in [-0.4, -0.2) is 77.7 Å². The molecule has 2 aliphatic heterocycles. The van der Waals surface area contributed by atoms with Crippen molar-refractivity contribution in [3.63, 3.8) is 0 Å². The van der Waals surface area contributed by atoms with Crippen molar-refractivity contribution in [2.45, 2.75) is 50.7 Å². The van der Waals surface area contributed by atoms with Gasteiger partial charge in [-0.05, 0) is 56.5 Å². The van der Waals surface area contributed by atoms with Gasteiger partial charge in [0.15, 0.2) is 0 Å². The molecule has 0 bridgehead atoms. The minimum atomic E-state index is -0.431. The van der Waals surface area contributed by atoms with Gasteiger partial charge in [0.1, 0.15) is 6.04 Å². The highest BCUT2D eigenvalue weighted by molar-refractivity contribution is 5.86. The summed E-state index contributed by atoms with van der Waals surface area (Å²) in [6.07, 6.45) is 5.88. The zero-order valence-corrected chi connectivity index (χ0v) is 19.0. The maximum Gasteiger partial charge on any atom is 0.328 e. The molecule has 0 saturated carbocycles. The molecule has 32 heavy (non-hydrogen) atoms. The summed E-state index contributed by atoms with van der Waals surface area (Å²) in [6, 6.07) is 10.4. The van der Waals surface area contributed by atoms with E-state index in [0.717, 1.165) is 50.2 Å². The fourth-order valence-electron chi connectivity index (χ4n) is 4.88. The quantitative estimate of drug-likeness (QED) is 0.667. The molecule has 0 unspecified atom stereocenters. The molecule has 0 spiro atoms. The van der Waals surface area contributed by atoms with E-state index in [0.29, 0.717) is 25.4 Å². The van der Waals surface area contributed by atoms with Crippen LogP contribution in [0.3, 0.4) is 0 Å². The molecule has 8 nitrogen and oxygen atoms in total. The van der Waals surface area contributed by atoms with Crippen LogP contribution < -0.4 is 4.90 Å². The third-order valence-electron chi connectivity index (χ3n) is 6.77. The van der Waals surface area contributed by atoms with E-state index in [1.165, 1.54) is 12.8 Å². The Kier molecular flexibility index (Phi) is 7.09. The molecule has 8 heteroatoms. The summed E-state index contributed by atoms with van der Waals surface area (Å²) < 4.78 is 4.85. The van der Waals surface area contributed by atoms with Gasteiger partial charge < -0.3 is 14.5 Å². The Labute approximate surface area is 189 Å². The predicted molar refractivity (Wildman–Crippen MR) is 122 cm³/mol. The molecule has 2 aliphatic rings. The second kappa shape index (κ2) is 10.2. The molecular formula is C24H33N5O3. The summed E-state index contributed by atoms with van der Waals surface area (Å²) in [5.41, 5.74) is 3.32. The van der Waals surface area contributed by atoms with Crippen LogP contribution in [-0.2, 0) is 27.3 Å². The SMILES string of the molecule is COC(=O)[C@@H]1CCCN1C(=O)Cc1ccc(N2CCC(N(C)Cc3ccn[nH]3)CC2)cc1. The van der Waals surface area contributed by atoms with Crippen LogP contribution >= 0.6 is 0 Å². The number of piperidine rings is 1. The number of esters is 1. The number of likely N-dealkylation sites (tertiary alicyclic amines) is 1. The van der Waals surface area contributed by atoms with Crippen molar-refractivity contribution < 1.29 is 14.3 Å². The molecule has 2 aromatic rings. The van der Waals surface area contributed by atoms with Gasteiger partial charge in [0.05, 0.1) is 13.5 Å². The molecule has 1 aromatic carbocycles. The molecule has 0 aliphatic carbocycles. The van der Waals surface area contributed by atoms with E-state index in [1.54, 1.807) is 11.1 Å². The van der Waals surface area contributed by atoms with Gasteiger partial charge in [-0.3, -0.25) is 14.8 Å². The molecule has 4 rings (SSSR count). The van der Waals surface area contributed by atoms with Crippen molar-refractivity contribution in [1.82, 2.24) is 20.0 Å². The van der Waals surface area contributed by atoms with Crippen LogP contribution in [0.2, 0.25) is 0 Å². The summed E-state index contributed by atoms with van der Waals surface area (Å²) in [5, 5.41) is 7.07. The Balaban J connectivity index is 1.28.